The van der Waals surface area contributed by atoms with Gasteiger partial charge < -0.3 is 18.9 Å². The summed E-state index contributed by atoms with van der Waals surface area (Å²) in [4.78, 5) is 22.6. The van der Waals surface area contributed by atoms with Crippen molar-refractivity contribution in [1.82, 2.24) is 19.4 Å². The molecule has 0 N–H and O–H groups in total. The average Bonchev–Trinajstić information content (AvgIpc) is 3.82. The maximum atomic E-state index is 12.9. The molecule has 0 spiro atoms. The summed E-state index contributed by atoms with van der Waals surface area (Å²) in [6, 6.07) is 6.32. The van der Waals surface area contributed by atoms with Gasteiger partial charge in [-0.2, -0.15) is 0 Å². The lowest BCUT2D eigenvalue weighted by atomic mass is 9.92. The molecule has 2 aromatic heterocycles. The van der Waals surface area contributed by atoms with E-state index in [1.54, 1.807) is 32.0 Å². The van der Waals surface area contributed by atoms with E-state index in [-0.39, 0.29) is 5.56 Å². The largest absolute Gasteiger partial charge is 0.496 e. The van der Waals surface area contributed by atoms with Crippen molar-refractivity contribution in [2.45, 2.75) is 58.4 Å². The van der Waals surface area contributed by atoms with Gasteiger partial charge in [0.05, 0.1) is 25.2 Å². The molecule has 1 aliphatic heterocycles. The first-order chi connectivity index (χ1) is 18.9. The Balaban J connectivity index is 1.40. The molecule has 1 aromatic carbocycles. The van der Waals surface area contributed by atoms with Crippen LogP contribution >= 0.6 is 0 Å². The molecule has 2 aliphatic rings. The van der Waals surface area contributed by atoms with Gasteiger partial charge in [-0.1, -0.05) is 13.8 Å². The number of rotatable bonds is 11. The molecule has 2 fully saturated rings. The summed E-state index contributed by atoms with van der Waals surface area (Å²) < 4.78 is 13.5. The van der Waals surface area contributed by atoms with Gasteiger partial charge in [0.15, 0.2) is 0 Å². The smallest absolute Gasteiger partial charge is 0.259 e. The number of nitrogens with zero attached hydrogens (tertiary/aromatic N) is 4. The van der Waals surface area contributed by atoms with Crippen LogP contribution in [0.2, 0.25) is 0 Å². The zero-order valence-corrected chi connectivity index (χ0v) is 24.3. The summed E-state index contributed by atoms with van der Waals surface area (Å²) in [6.45, 7) is 11.0. The molecule has 0 unspecified atom stereocenters. The lowest BCUT2D eigenvalue weighted by Crippen LogP contribution is -2.35. The first-order valence-electron chi connectivity index (χ1n) is 14.6. The number of aryl methyl sites for hydroxylation is 1. The van der Waals surface area contributed by atoms with Gasteiger partial charge in [-0.05, 0) is 99.9 Å². The van der Waals surface area contributed by atoms with Crippen molar-refractivity contribution in [1.29, 1.82) is 0 Å². The van der Waals surface area contributed by atoms with Crippen LogP contribution in [0.15, 0.2) is 35.4 Å². The van der Waals surface area contributed by atoms with E-state index in [1.165, 1.54) is 38.6 Å². The van der Waals surface area contributed by atoms with Crippen molar-refractivity contribution >= 4 is 10.8 Å². The molecule has 1 saturated heterocycles. The fourth-order valence-corrected chi connectivity index (χ4v) is 6.07. The van der Waals surface area contributed by atoms with Gasteiger partial charge in [0.1, 0.15) is 11.5 Å². The molecule has 1 saturated carbocycles. The Hall–Kier alpha value is -2.90. The van der Waals surface area contributed by atoms with Crippen LogP contribution in [-0.4, -0.2) is 66.3 Å². The number of aromatic nitrogens is 2. The SMILES string of the molecule is CCN(CC)CCC1CCN(Cc2c(OC)cc(-c3cn(C)c(=O)c4cnc(C5CC5)cc34)cc2OC)CC1. The maximum absolute atomic E-state index is 12.9. The van der Waals surface area contributed by atoms with Crippen LogP contribution in [0.5, 0.6) is 11.5 Å². The zero-order valence-electron chi connectivity index (χ0n) is 24.3. The van der Waals surface area contributed by atoms with Gasteiger partial charge in [-0.3, -0.25) is 14.7 Å². The standard InChI is InChI=1S/C32H44N4O3/c1-6-35(7-2)13-10-22-11-14-36(15-12-22)21-28-30(38-4)16-24(17-31(28)39-5)27-20-34(3)32(37)26-19-33-29(18-25(26)27)23-8-9-23/h16-20,22-23H,6-15,21H2,1-5H3. The van der Waals surface area contributed by atoms with Gasteiger partial charge >= 0.3 is 0 Å². The Morgan fingerprint density at radius 1 is 0.974 bits per heavy atom. The van der Waals surface area contributed by atoms with Crippen LogP contribution in [0.3, 0.4) is 0 Å². The predicted molar refractivity (Wildman–Crippen MR) is 158 cm³/mol. The second-order valence-electron chi connectivity index (χ2n) is 11.3. The first-order valence-corrected chi connectivity index (χ1v) is 14.6. The van der Waals surface area contributed by atoms with Crippen molar-refractivity contribution in [3.05, 3.63) is 52.2 Å². The minimum absolute atomic E-state index is 0.0281. The summed E-state index contributed by atoms with van der Waals surface area (Å²) in [7, 11) is 5.26. The molecule has 0 radical (unpaired) electrons. The van der Waals surface area contributed by atoms with Crippen molar-refractivity contribution in [2.24, 2.45) is 13.0 Å². The molecule has 0 amide bonds. The summed E-state index contributed by atoms with van der Waals surface area (Å²) in [6.07, 6.45) is 9.80. The lowest BCUT2D eigenvalue weighted by Gasteiger charge is -2.33. The van der Waals surface area contributed by atoms with E-state index in [1.807, 2.05) is 6.20 Å². The molecule has 3 heterocycles. The second-order valence-corrected chi connectivity index (χ2v) is 11.3. The van der Waals surface area contributed by atoms with Gasteiger partial charge in [-0.25, -0.2) is 0 Å². The monoisotopic (exact) mass is 532 g/mol. The van der Waals surface area contributed by atoms with Crippen molar-refractivity contribution in [3.8, 4) is 22.6 Å². The second kappa shape index (κ2) is 12.1. The molecule has 7 nitrogen and oxygen atoms in total. The normalized spacial score (nSPS) is 16.8. The third-order valence-corrected chi connectivity index (χ3v) is 8.84. The maximum Gasteiger partial charge on any atom is 0.259 e. The summed E-state index contributed by atoms with van der Waals surface area (Å²) >= 11 is 0. The molecule has 210 valence electrons. The fourth-order valence-electron chi connectivity index (χ4n) is 6.07. The Bertz CT molecular complexity index is 1330. The number of pyridine rings is 2. The van der Waals surface area contributed by atoms with Crippen molar-refractivity contribution in [2.75, 3.05) is 46.9 Å². The number of hydrogen-bond donors (Lipinski definition) is 0. The Morgan fingerprint density at radius 2 is 1.64 bits per heavy atom. The van der Waals surface area contributed by atoms with E-state index >= 15 is 0 Å². The molecular weight excluding hydrogens is 488 g/mol. The summed E-state index contributed by atoms with van der Waals surface area (Å²) in [5.74, 6) is 2.97. The van der Waals surface area contributed by atoms with Crippen LogP contribution in [0.1, 0.15) is 63.1 Å². The van der Waals surface area contributed by atoms with Crippen LogP contribution < -0.4 is 15.0 Å². The zero-order chi connectivity index (χ0) is 27.5. The third-order valence-electron chi connectivity index (χ3n) is 8.84. The number of hydrogen-bond acceptors (Lipinski definition) is 6. The molecule has 0 atom stereocenters. The predicted octanol–water partition coefficient (Wildman–Crippen LogP) is 5.44. The number of ether oxygens (including phenoxy) is 2. The minimum Gasteiger partial charge on any atom is -0.496 e. The number of likely N-dealkylation sites (tertiary alicyclic amines) is 1. The van der Waals surface area contributed by atoms with Crippen LogP contribution in [0, 0.1) is 5.92 Å². The highest BCUT2D eigenvalue weighted by Gasteiger charge is 2.27. The Kier molecular flexibility index (Phi) is 8.57. The van der Waals surface area contributed by atoms with Gasteiger partial charge in [0.2, 0.25) is 0 Å². The quantitative estimate of drug-likeness (QED) is 0.328. The Labute approximate surface area is 232 Å². The molecule has 0 bridgehead atoms. The lowest BCUT2D eigenvalue weighted by molar-refractivity contribution is 0.158. The van der Waals surface area contributed by atoms with E-state index < -0.39 is 0 Å². The van der Waals surface area contributed by atoms with Crippen LogP contribution in [0.25, 0.3) is 21.9 Å². The molecule has 39 heavy (non-hydrogen) atoms. The topological polar surface area (TPSA) is 59.8 Å². The number of benzene rings is 1. The van der Waals surface area contributed by atoms with E-state index in [0.717, 1.165) is 77.9 Å². The highest BCUT2D eigenvalue weighted by molar-refractivity contribution is 5.96. The number of fused-ring (bicyclic) bond motifs is 1. The summed E-state index contributed by atoms with van der Waals surface area (Å²) in [5, 5.41) is 1.59. The van der Waals surface area contributed by atoms with E-state index in [0.29, 0.717) is 11.3 Å². The molecule has 7 heteroatoms. The summed E-state index contributed by atoms with van der Waals surface area (Å²) in [5.41, 5.74) is 4.11. The highest BCUT2D eigenvalue weighted by atomic mass is 16.5. The third kappa shape index (κ3) is 5.99. The van der Waals surface area contributed by atoms with E-state index in [4.69, 9.17) is 9.47 Å². The number of methoxy groups -OCH3 is 2. The number of piperidine rings is 1. The molecular formula is C32H44N4O3. The van der Waals surface area contributed by atoms with Crippen molar-refractivity contribution in [3.63, 3.8) is 0 Å². The molecule has 5 rings (SSSR count). The Morgan fingerprint density at radius 3 is 2.23 bits per heavy atom. The highest BCUT2D eigenvalue weighted by Crippen LogP contribution is 2.42. The fraction of sp³-hybridized carbons (Fsp3) is 0.562. The van der Waals surface area contributed by atoms with Gasteiger partial charge in [-0.15, -0.1) is 0 Å². The molecule has 1 aliphatic carbocycles. The van der Waals surface area contributed by atoms with E-state index in [2.05, 4.69) is 46.8 Å². The average molecular weight is 533 g/mol. The molecule has 3 aromatic rings. The van der Waals surface area contributed by atoms with Crippen LogP contribution in [-0.2, 0) is 13.6 Å². The van der Waals surface area contributed by atoms with E-state index in [9.17, 15) is 4.79 Å². The van der Waals surface area contributed by atoms with Gasteiger partial charge in [0.25, 0.3) is 5.56 Å². The van der Waals surface area contributed by atoms with Gasteiger partial charge in [0, 0.05) is 43.2 Å². The van der Waals surface area contributed by atoms with Crippen molar-refractivity contribution < 1.29 is 9.47 Å². The minimum atomic E-state index is -0.0281. The van der Waals surface area contributed by atoms with Crippen LogP contribution in [0.4, 0.5) is 0 Å². The first kappa shape index (κ1) is 27.7.